The third-order valence-electron chi connectivity index (χ3n) is 4.79. The number of amides is 2. The number of hydrogen-bond acceptors (Lipinski definition) is 6. The first-order chi connectivity index (χ1) is 16.6. The van der Waals surface area contributed by atoms with Crippen molar-refractivity contribution in [1.82, 2.24) is 14.9 Å². The number of hydrogen-bond donors (Lipinski definition) is 2. The Morgan fingerprint density at radius 3 is 2.82 bits per heavy atom. The van der Waals surface area contributed by atoms with Crippen LogP contribution in [0.25, 0.3) is 5.69 Å². The number of thioether (sulfide) groups is 1. The van der Waals surface area contributed by atoms with Crippen molar-refractivity contribution in [3.63, 3.8) is 0 Å². The Labute approximate surface area is 201 Å². The Bertz CT molecular complexity index is 1250. The lowest BCUT2D eigenvalue weighted by Crippen LogP contribution is -2.22. The summed E-state index contributed by atoms with van der Waals surface area (Å²) < 4.78 is 12.7. The average molecular weight is 477 g/mol. The Kier molecular flexibility index (Phi) is 7.67. The maximum absolute atomic E-state index is 12.6. The van der Waals surface area contributed by atoms with Crippen LogP contribution in [-0.4, -0.2) is 33.7 Å². The fraction of sp³-hybridized carbons (Fsp3) is 0.160. The minimum absolute atomic E-state index is 0.167. The summed E-state index contributed by atoms with van der Waals surface area (Å²) in [6.07, 6.45) is 5.02. The van der Waals surface area contributed by atoms with Gasteiger partial charge in [-0.2, -0.15) is 0 Å². The Hall–Kier alpha value is -3.98. The molecule has 9 heteroatoms. The Balaban J connectivity index is 1.39. The largest absolute Gasteiger partial charge is 0.492 e. The zero-order valence-corrected chi connectivity index (χ0v) is 19.4. The van der Waals surface area contributed by atoms with E-state index in [9.17, 15) is 9.59 Å². The molecule has 2 heterocycles. The fourth-order valence-corrected chi connectivity index (χ4v) is 4.01. The summed E-state index contributed by atoms with van der Waals surface area (Å²) >= 11 is 1.30. The van der Waals surface area contributed by atoms with Crippen LogP contribution in [0.5, 0.6) is 5.75 Å². The lowest BCUT2D eigenvalue weighted by molar-refractivity contribution is -0.113. The maximum Gasteiger partial charge on any atom is 0.251 e. The minimum atomic E-state index is -0.208. The van der Waals surface area contributed by atoms with Crippen molar-refractivity contribution in [3.05, 3.63) is 90.6 Å². The molecule has 4 rings (SSSR count). The molecule has 0 saturated heterocycles. The van der Waals surface area contributed by atoms with E-state index in [-0.39, 0.29) is 17.6 Å². The summed E-state index contributed by atoms with van der Waals surface area (Å²) in [6, 6.07) is 18.1. The molecule has 0 unspecified atom stereocenters. The van der Waals surface area contributed by atoms with Crippen molar-refractivity contribution in [2.75, 3.05) is 17.7 Å². The number of carbonyl (C=O) groups is 2. The standard InChI is InChI=1S/C25H24N4O4S/c1-2-32-22-11-4-3-10-21(22)28-23(30)17-34-25-26-12-13-29(25)19-8-5-7-18(15-19)24(31)27-16-20-9-6-14-33-20/h3-15H,2,16-17H2,1H3,(H,27,31)(H,28,30). The third kappa shape index (κ3) is 5.87. The van der Waals surface area contributed by atoms with Crippen molar-refractivity contribution in [2.24, 2.45) is 0 Å². The average Bonchev–Trinajstić information content (AvgIpc) is 3.55. The molecule has 4 aromatic rings. The second-order valence-corrected chi connectivity index (χ2v) is 8.10. The SMILES string of the molecule is CCOc1ccccc1NC(=O)CSc1nccn1-c1cccc(C(=O)NCc2ccco2)c1. The number of nitrogens with zero attached hydrogens (tertiary/aromatic N) is 2. The van der Waals surface area contributed by atoms with Crippen LogP contribution < -0.4 is 15.4 Å². The van der Waals surface area contributed by atoms with E-state index in [0.717, 1.165) is 5.69 Å². The van der Waals surface area contributed by atoms with Crippen LogP contribution >= 0.6 is 11.8 Å². The van der Waals surface area contributed by atoms with Gasteiger partial charge in [0, 0.05) is 23.6 Å². The molecule has 2 amide bonds. The summed E-state index contributed by atoms with van der Waals surface area (Å²) in [5.74, 6) is 1.10. The van der Waals surface area contributed by atoms with Crippen molar-refractivity contribution in [1.29, 1.82) is 0 Å². The van der Waals surface area contributed by atoms with Gasteiger partial charge in [0.1, 0.15) is 11.5 Å². The molecule has 0 aliphatic rings. The van der Waals surface area contributed by atoms with Crippen LogP contribution in [-0.2, 0) is 11.3 Å². The van der Waals surface area contributed by atoms with Gasteiger partial charge in [-0.15, -0.1) is 0 Å². The normalized spacial score (nSPS) is 10.6. The number of imidazole rings is 1. The highest BCUT2D eigenvalue weighted by Gasteiger charge is 2.13. The highest BCUT2D eigenvalue weighted by molar-refractivity contribution is 7.99. The summed E-state index contributed by atoms with van der Waals surface area (Å²) in [6.45, 7) is 2.72. The monoisotopic (exact) mass is 476 g/mol. The lowest BCUT2D eigenvalue weighted by atomic mass is 10.2. The van der Waals surface area contributed by atoms with Gasteiger partial charge in [-0.05, 0) is 49.4 Å². The summed E-state index contributed by atoms with van der Waals surface area (Å²) in [4.78, 5) is 29.5. The van der Waals surface area contributed by atoms with E-state index in [0.29, 0.717) is 41.1 Å². The molecule has 174 valence electrons. The first-order valence-electron chi connectivity index (χ1n) is 10.7. The van der Waals surface area contributed by atoms with E-state index in [1.54, 1.807) is 49.0 Å². The number of para-hydroxylation sites is 2. The Morgan fingerprint density at radius 1 is 1.12 bits per heavy atom. The molecule has 0 atom stereocenters. The zero-order chi connectivity index (χ0) is 23.8. The van der Waals surface area contributed by atoms with Gasteiger partial charge in [0.25, 0.3) is 5.91 Å². The number of furan rings is 1. The van der Waals surface area contributed by atoms with E-state index in [2.05, 4.69) is 15.6 Å². The molecule has 8 nitrogen and oxygen atoms in total. The molecule has 2 N–H and O–H groups in total. The lowest BCUT2D eigenvalue weighted by Gasteiger charge is -2.12. The van der Waals surface area contributed by atoms with Gasteiger partial charge in [-0.3, -0.25) is 14.2 Å². The second-order valence-electron chi connectivity index (χ2n) is 7.16. The summed E-state index contributed by atoms with van der Waals surface area (Å²) in [5, 5.41) is 6.36. The topological polar surface area (TPSA) is 98.4 Å². The highest BCUT2D eigenvalue weighted by Crippen LogP contribution is 2.25. The van der Waals surface area contributed by atoms with E-state index in [1.807, 2.05) is 41.8 Å². The molecule has 2 aromatic heterocycles. The smallest absolute Gasteiger partial charge is 0.251 e. The first-order valence-corrected chi connectivity index (χ1v) is 11.7. The van der Waals surface area contributed by atoms with Gasteiger partial charge < -0.3 is 19.8 Å². The van der Waals surface area contributed by atoms with Crippen LogP contribution in [0.1, 0.15) is 23.0 Å². The molecule has 0 aliphatic carbocycles. The Morgan fingerprint density at radius 2 is 2.00 bits per heavy atom. The van der Waals surface area contributed by atoms with Gasteiger partial charge in [0.2, 0.25) is 5.91 Å². The van der Waals surface area contributed by atoms with Gasteiger partial charge in [-0.1, -0.05) is 30.0 Å². The minimum Gasteiger partial charge on any atom is -0.492 e. The van der Waals surface area contributed by atoms with Crippen LogP contribution in [0, 0.1) is 0 Å². The van der Waals surface area contributed by atoms with Gasteiger partial charge in [-0.25, -0.2) is 4.98 Å². The number of carbonyl (C=O) groups excluding carboxylic acids is 2. The van der Waals surface area contributed by atoms with E-state index < -0.39 is 0 Å². The number of ether oxygens (including phenoxy) is 1. The van der Waals surface area contributed by atoms with E-state index in [1.165, 1.54) is 11.8 Å². The zero-order valence-electron chi connectivity index (χ0n) is 18.6. The summed E-state index contributed by atoms with van der Waals surface area (Å²) in [7, 11) is 0. The molecule has 0 spiro atoms. The molecule has 0 bridgehead atoms. The second kappa shape index (κ2) is 11.2. The van der Waals surface area contributed by atoms with Crippen molar-refractivity contribution in [3.8, 4) is 11.4 Å². The third-order valence-corrected chi connectivity index (χ3v) is 5.76. The van der Waals surface area contributed by atoms with E-state index >= 15 is 0 Å². The predicted octanol–water partition coefficient (Wildman–Crippen LogP) is 4.52. The van der Waals surface area contributed by atoms with Gasteiger partial charge >= 0.3 is 0 Å². The number of nitrogens with one attached hydrogen (secondary N) is 2. The van der Waals surface area contributed by atoms with E-state index in [4.69, 9.17) is 9.15 Å². The molecule has 34 heavy (non-hydrogen) atoms. The van der Waals surface area contributed by atoms with Crippen molar-refractivity contribution >= 4 is 29.3 Å². The van der Waals surface area contributed by atoms with Crippen LogP contribution in [0.3, 0.4) is 0 Å². The fourth-order valence-electron chi connectivity index (χ4n) is 3.24. The summed E-state index contributed by atoms with van der Waals surface area (Å²) in [5.41, 5.74) is 1.92. The van der Waals surface area contributed by atoms with Crippen LogP contribution in [0.2, 0.25) is 0 Å². The highest BCUT2D eigenvalue weighted by atomic mass is 32.2. The molecular weight excluding hydrogens is 452 g/mol. The quantitative estimate of drug-likeness (QED) is 0.327. The molecule has 2 aromatic carbocycles. The van der Waals surface area contributed by atoms with Gasteiger partial charge in [0.05, 0.1) is 30.9 Å². The number of benzene rings is 2. The first kappa shape index (κ1) is 23.2. The van der Waals surface area contributed by atoms with Crippen LogP contribution in [0.15, 0.2) is 88.9 Å². The predicted molar refractivity (Wildman–Crippen MR) is 130 cm³/mol. The van der Waals surface area contributed by atoms with Crippen molar-refractivity contribution < 1.29 is 18.7 Å². The van der Waals surface area contributed by atoms with Gasteiger partial charge in [0.15, 0.2) is 5.16 Å². The number of rotatable bonds is 10. The molecular formula is C25H24N4O4S. The number of anilines is 1. The van der Waals surface area contributed by atoms with Crippen molar-refractivity contribution in [2.45, 2.75) is 18.6 Å². The maximum atomic E-state index is 12.6. The van der Waals surface area contributed by atoms with Crippen LogP contribution in [0.4, 0.5) is 5.69 Å². The molecule has 0 aliphatic heterocycles. The molecule has 0 radical (unpaired) electrons. The number of aromatic nitrogens is 2. The molecule has 0 fully saturated rings. The molecule has 0 saturated carbocycles.